The van der Waals surface area contributed by atoms with E-state index in [1.807, 2.05) is 0 Å². The molecule has 1 aromatic carbocycles. The van der Waals surface area contributed by atoms with E-state index in [4.69, 9.17) is 0 Å². The Labute approximate surface area is 147 Å². The minimum absolute atomic E-state index is 0.0859. The Kier molecular flexibility index (Phi) is 4.84. The van der Waals surface area contributed by atoms with Crippen LogP contribution in [0.4, 0.5) is 13.2 Å². The van der Waals surface area contributed by atoms with Crippen LogP contribution in [0.25, 0.3) is 0 Å². The molecule has 136 valence electrons. The van der Waals surface area contributed by atoms with E-state index in [-0.39, 0.29) is 17.4 Å². The number of nitrogens with zero attached hydrogens (tertiary/aromatic N) is 3. The van der Waals surface area contributed by atoms with E-state index in [1.165, 1.54) is 23.9 Å². The van der Waals surface area contributed by atoms with Gasteiger partial charge in [-0.05, 0) is 24.1 Å². The lowest BCUT2D eigenvalue weighted by atomic mass is 10.1. The molecule has 1 aliphatic rings. The van der Waals surface area contributed by atoms with Crippen LogP contribution >= 0.6 is 11.8 Å². The first-order valence-corrected chi connectivity index (χ1v) is 10.3. The fraction of sp³-hybridized carbons (Fsp3) is 0.467. The molecule has 0 radical (unpaired) electrons. The number of halogens is 3. The molecule has 1 saturated heterocycles. The second kappa shape index (κ2) is 6.64. The predicted octanol–water partition coefficient (Wildman–Crippen LogP) is 3.03. The summed E-state index contributed by atoms with van der Waals surface area (Å²) >= 11 is 1.35. The number of thioether (sulfide) groups is 1. The van der Waals surface area contributed by atoms with Crippen molar-refractivity contribution in [2.75, 3.05) is 11.5 Å². The highest BCUT2D eigenvalue weighted by molar-refractivity contribution is 7.98. The van der Waals surface area contributed by atoms with E-state index in [1.54, 1.807) is 11.6 Å². The highest BCUT2D eigenvalue weighted by Crippen LogP contribution is 2.32. The highest BCUT2D eigenvalue weighted by Gasteiger charge is 2.32. The van der Waals surface area contributed by atoms with Gasteiger partial charge in [-0.1, -0.05) is 23.9 Å². The van der Waals surface area contributed by atoms with Gasteiger partial charge < -0.3 is 4.57 Å². The third-order valence-corrected chi connectivity index (χ3v) is 6.97. The van der Waals surface area contributed by atoms with Crippen molar-refractivity contribution in [1.29, 1.82) is 0 Å². The van der Waals surface area contributed by atoms with Gasteiger partial charge in [0.15, 0.2) is 15.0 Å². The average Bonchev–Trinajstić information content (AvgIpc) is 3.07. The Hall–Kier alpha value is -1.55. The molecule has 2 heterocycles. The lowest BCUT2D eigenvalue weighted by Gasteiger charge is -2.09. The summed E-state index contributed by atoms with van der Waals surface area (Å²) in [5.74, 6) is 1.19. The Morgan fingerprint density at radius 1 is 1.24 bits per heavy atom. The predicted molar refractivity (Wildman–Crippen MR) is 88.0 cm³/mol. The molecule has 1 fully saturated rings. The first kappa shape index (κ1) is 18.2. The lowest BCUT2D eigenvalue weighted by molar-refractivity contribution is -0.137. The van der Waals surface area contributed by atoms with Crippen LogP contribution in [0.15, 0.2) is 29.4 Å². The largest absolute Gasteiger partial charge is 0.416 e. The molecule has 2 aromatic rings. The molecule has 5 nitrogen and oxygen atoms in total. The van der Waals surface area contributed by atoms with Gasteiger partial charge >= 0.3 is 6.18 Å². The van der Waals surface area contributed by atoms with Crippen LogP contribution in [0.5, 0.6) is 0 Å². The van der Waals surface area contributed by atoms with Crippen LogP contribution in [0.1, 0.15) is 29.3 Å². The number of alkyl halides is 3. The quantitative estimate of drug-likeness (QED) is 0.750. The van der Waals surface area contributed by atoms with E-state index >= 15 is 0 Å². The zero-order valence-corrected chi connectivity index (χ0v) is 15.0. The number of rotatable bonds is 4. The fourth-order valence-electron chi connectivity index (χ4n) is 2.74. The van der Waals surface area contributed by atoms with Gasteiger partial charge in [-0.3, -0.25) is 0 Å². The summed E-state index contributed by atoms with van der Waals surface area (Å²) in [4.78, 5) is 0. The molecule has 0 N–H and O–H groups in total. The van der Waals surface area contributed by atoms with Gasteiger partial charge in [0.1, 0.15) is 5.82 Å². The van der Waals surface area contributed by atoms with Crippen LogP contribution in [-0.2, 0) is 28.8 Å². The first-order valence-electron chi connectivity index (χ1n) is 7.54. The molecule has 0 aliphatic carbocycles. The molecule has 1 atom stereocenters. The molecule has 10 heteroatoms. The monoisotopic (exact) mass is 391 g/mol. The van der Waals surface area contributed by atoms with Crippen LogP contribution in [0.2, 0.25) is 0 Å². The van der Waals surface area contributed by atoms with Crippen molar-refractivity contribution in [3.8, 4) is 0 Å². The van der Waals surface area contributed by atoms with Crippen molar-refractivity contribution < 1.29 is 21.6 Å². The molecular formula is C15H16F3N3O2S2. The van der Waals surface area contributed by atoms with Gasteiger partial charge in [0.25, 0.3) is 0 Å². The number of benzene rings is 1. The topological polar surface area (TPSA) is 64.8 Å². The zero-order valence-electron chi connectivity index (χ0n) is 13.3. The summed E-state index contributed by atoms with van der Waals surface area (Å²) in [5, 5.41) is 8.79. The minimum atomic E-state index is -4.34. The second-order valence-electron chi connectivity index (χ2n) is 5.98. The van der Waals surface area contributed by atoms with Crippen molar-refractivity contribution in [3.05, 3.63) is 41.2 Å². The van der Waals surface area contributed by atoms with E-state index in [0.717, 1.165) is 17.7 Å². The maximum atomic E-state index is 12.6. The fourth-order valence-corrected chi connectivity index (χ4v) is 5.36. The summed E-state index contributed by atoms with van der Waals surface area (Å²) < 4.78 is 62.6. The molecule has 0 saturated carbocycles. The molecule has 25 heavy (non-hydrogen) atoms. The van der Waals surface area contributed by atoms with E-state index in [0.29, 0.717) is 23.2 Å². The van der Waals surface area contributed by atoms with Gasteiger partial charge in [0, 0.05) is 18.7 Å². The summed E-state index contributed by atoms with van der Waals surface area (Å²) in [7, 11) is -1.23. The Bertz CT molecular complexity index is 861. The Morgan fingerprint density at radius 2 is 1.92 bits per heavy atom. The average molecular weight is 391 g/mol. The minimum Gasteiger partial charge on any atom is -0.309 e. The summed E-state index contributed by atoms with van der Waals surface area (Å²) in [6, 6.07) is 5.00. The van der Waals surface area contributed by atoms with E-state index in [9.17, 15) is 21.6 Å². The summed E-state index contributed by atoms with van der Waals surface area (Å²) in [6.07, 6.45) is -3.80. The second-order valence-corrected chi connectivity index (χ2v) is 9.15. The standard InChI is InChI=1S/C15H16F3N3O2S2/c1-21-13(11-6-7-25(22,23)9-11)19-20-14(21)24-8-10-2-4-12(5-3-10)15(16,17)18/h2-5,11H,6-9H2,1H3/t11-/m1/s1. The smallest absolute Gasteiger partial charge is 0.309 e. The van der Waals surface area contributed by atoms with Gasteiger partial charge in [-0.2, -0.15) is 13.2 Å². The highest BCUT2D eigenvalue weighted by atomic mass is 32.2. The lowest BCUT2D eigenvalue weighted by Crippen LogP contribution is -2.09. The molecule has 0 amide bonds. The molecular weight excluding hydrogens is 375 g/mol. The SMILES string of the molecule is Cn1c(SCc2ccc(C(F)(F)F)cc2)nnc1[C@@H]1CCS(=O)(=O)C1. The van der Waals surface area contributed by atoms with E-state index in [2.05, 4.69) is 10.2 Å². The molecule has 1 aromatic heterocycles. The third-order valence-electron chi connectivity index (χ3n) is 4.12. The van der Waals surface area contributed by atoms with Crippen LogP contribution in [0.3, 0.4) is 0 Å². The normalized spacial score (nSPS) is 20.1. The first-order chi connectivity index (χ1) is 11.7. The zero-order chi connectivity index (χ0) is 18.2. The van der Waals surface area contributed by atoms with Crippen molar-refractivity contribution in [3.63, 3.8) is 0 Å². The van der Waals surface area contributed by atoms with Gasteiger partial charge in [-0.25, -0.2) is 8.42 Å². The number of hydrogen-bond acceptors (Lipinski definition) is 5. The maximum Gasteiger partial charge on any atom is 0.416 e. The van der Waals surface area contributed by atoms with Crippen molar-refractivity contribution >= 4 is 21.6 Å². The van der Waals surface area contributed by atoms with Crippen molar-refractivity contribution in [2.45, 2.75) is 29.4 Å². The van der Waals surface area contributed by atoms with E-state index < -0.39 is 21.6 Å². The van der Waals surface area contributed by atoms with Gasteiger partial charge in [-0.15, -0.1) is 10.2 Å². The van der Waals surface area contributed by atoms with Crippen LogP contribution in [-0.4, -0.2) is 34.7 Å². The molecule has 1 aliphatic heterocycles. The Morgan fingerprint density at radius 3 is 2.48 bits per heavy atom. The van der Waals surface area contributed by atoms with Gasteiger partial charge in [0.05, 0.1) is 17.1 Å². The molecule has 0 spiro atoms. The summed E-state index contributed by atoms with van der Waals surface area (Å²) in [6.45, 7) is 0. The van der Waals surface area contributed by atoms with Crippen molar-refractivity contribution in [1.82, 2.24) is 14.8 Å². The number of hydrogen-bond donors (Lipinski definition) is 0. The molecule has 0 bridgehead atoms. The van der Waals surface area contributed by atoms with Crippen molar-refractivity contribution in [2.24, 2.45) is 7.05 Å². The molecule has 3 rings (SSSR count). The number of aromatic nitrogens is 3. The van der Waals surface area contributed by atoms with Crippen LogP contribution < -0.4 is 0 Å². The molecule has 0 unspecified atom stereocenters. The Balaban J connectivity index is 1.66. The number of sulfone groups is 1. The van der Waals surface area contributed by atoms with Gasteiger partial charge in [0.2, 0.25) is 0 Å². The van der Waals surface area contributed by atoms with Crippen LogP contribution in [0, 0.1) is 0 Å². The third kappa shape index (κ3) is 4.17. The maximum absolute atomic E-state index is 12.6. The summed E-state index contributed by atoms with van der Waals surface area (Å²) in [5.41, 5.74) is 0.0654.